The van der Waals surface area contributed by atoms with E-state index >= 15 is 0 Å². The molecular formula is C40H42FIrN4S. The van der Waals surface area contributed by atoms with Gasteiger partial charge in [-0.15, -0.1) is 53.0 Å². The van der Waals surface area contributed by atoms with Gasteiger partial charge in [0.05, 0.1) is 5.82 Å². The molecule has 0 saturated heterocycles. The largest absolute Gasteiger partial charge is 3.00 e. The summed E-state index contributed by atoms with van der Waals surface area (Å²) >= 11 is 1.83. The fourth-order valence-corrected chi connectivity index (χ4v) is 6.88. The fraction of sp³-hybridized carbons (Fsp3) is 0.250. The number of halogens is 1. The molecule has 0 atom stereocenters. The Labute approximate surface area is 296 Å². The van der Waals surface area contributed by atoms with Crippen molar-refractivity contribution >= 4 is 37.2 Å². The van der Waals surface area contributed by atoms with Crippen LogP contribution in [-0.4, -0.2) is 21.5 Å². The van der Waals surface area contributed by atoms with Gasteiger partial charge in [-0.2, -0.15) is 18.8 Å². The molecule has 0 N–H and O–H groups in total. The molecule has 0 unspecified atom stereocenters. The summed E-state index contributed by atoms with van der Waals surface area (Å²) in [5.74, 6) is 2.35. The van der Waals surface area contributed by atoms with Gasteiger partial charge in [-0.3, -0.25) is 9.69 Å². The molecule has 0 spiro atoms. The Hall–Kier alpha value is -3.77. The third-order valence-electron chi connectivity index (χ3n) is 8.28. The van der Waals surface area contributed by atoms with Crippen molar-refractivity contribution in [1.82, 2.24) is 14.5 Å². The molecule has 7 rings (SSSR count). The number of anilines is 1. The minimum Gasteiger partial charge on any atom is -0.510 e. The molecule has 244 valence electrons. The van der Waals surface area contributed by atoms with E-state index in [9.17, 15) is 0 Å². The molecule has 6 aromatic rings. The SMILES string of the molecule is CC(C)c1cc(C(C)C)c(-n2ccnc2-c2[c-]cccc2)c(C(C)C)c1.CN1C=CN(c2[c-]cc3sc4ccccc4c3c2)[CH-]1.F.[Ir+3]. The van der Waals surface area contributed by atoms with Crippen molar-refractivity contribution < 1.29 is 24.8 Å². The van der Waals surface area contributed by atoms with Crippen molar-refractivity contribution in [2.75, 3.05) is 11.9 Å². The van der Waals surface area contributed by atoms with E-state index in [1.54, 1.807) is 0 Å². The van der Waals surface area contributed by atoms with E-state index in [4.69, 9.17) is 0 Å². The topological polar surface area (TPSA) is 24.3 Å². The molecule has 7 heteroatoms. The second kappa shape index (κ2) is 15.4. The molecule has 0 bridgehead atoms. The van der Waals surface area contributed by atoms with Gasteiger partial charge in [0.15, 0.2) is 0 Å². The molecule has 4 nitrogen and oxygen atoms in total. The van der Waals surface area contributed by atoms with Gasteiger partial charge in [-0.1, -0.05) is 76.6 Å². The summed E-state index contributed by atoms with van der Waals surface area (Å²) in [4.78, 5) is 8.77. The number of fused-ring (bicyclic) bond motifs is 3. The van der Waals surface area contributed by atoms with Crippen molar-refractivity contribution in [2.24, 2.45) is 0 Å². The van der Waals surface area contributed by atoms with Crippen LogP contribution in [0.15, 0.2) is 97.6 Å². The molecule has 2 aromatic heterocycles. The maximum Gasteiger partial charge on any atom is 3.00 e. The number of aromatic nitrogens is 2. The Morgan fingerprint density at radius 2 is 1.49 bits per heavy atom. The quantitative estimate of drug-likeness (QED) is 0.156. The average molecular weight is 822 g/mol. The Balaban J connectivity index is 0.000000212. The van der Waals surface area contributed by atoms with Crippen molar-refractivity contribution in [2.45, 2.75) is 59.3 Å². The summed E-state index contributed by atoms with van der Waals surface area (Å²) in [5, 5.41) is 2.64. The Kier molecular flexibility index (Phi) is 11.8. The molecule has 0 aliphatic carbocycles. The van der Waals surface area contributed by atoms with Gasteiger partial charge < -0.3 is 14.4 Å². The van der Waals surface area contributed by atoms with Gasteiger partial charge in [0.25, 0.3) is 0 Å². The Morgan fingerprint density at radius 3 is 2.11 bits per heavy atom. The summed E-state index contributed by atoms with van der Waals surface area (Å²) in [7, 11) is 2.02. The molecule has 1 aliphatic rings. The zero-order chi connectivity index (χ0) is 31.7. The van der Waals surface area contributed by atoms with Crippen LogP contribution in [0.2, 0.25) is 0 Å². The molecule has 0 saturated carbocycles. The average Bonchev–Trinajstić information content (AvgIpc) is 3.79. The van der Waals surface area contributed by atoms with Crippen LogP contribution < -0.4 is 4.90 Å². The third-order valence-corrected chi connectivity index (χ3v) is 9.41. The van der Waals surface area contributed by atoms with Crippen LogP contribution >= 0.6 is 11.3 Å². The first kappa shape index (κ1) is 36.1. The standard InChI is InChI=1S/C24H29N2.C16H12N2S.FH.Ir/c1-16(2)20-14-21(17(3)4)23(22(15-20)18(5)6)26-13-12-25-24(26)19-10-8-7-9-11-19;1-17-8-9-18(11-17)12-6-7-16-14(10-12)13-4-2-3-5-15(13)19-16;;/h7-10,12-18H,1-6H3;2-5,7-11H,1H3;1H;/q-1;-2;;+3. The van der Waals surface area contributed by atoms with Crippen LogP contribution in [0, 0.1) is 18.8 Å². The summed E-state index contributed by atoms with van der Waals surface area (Å²) in [6.07, 6.45) is 8.05. The molecule has 0 fully saturated rings. The van der Waals surface area contributed by atoms with E-state index in [2.05, 4.69) is 129 Å². The number of benzene rings is 4. The first-order chi connectivity index (χ1) is 21.7. The van der Waals surface area contributed by atoms with Crippen molar-refractivity contribution in [3.05, 3.63) is 133 Å². The van der Waals surface area contributed by atoms with E-state index in [-0.39, 0.29) is 24.8 Å². The van der Waals surface area contributed by atoms with Crippen molar-refractivity contribution in [1.29, 1.82) is 0 Å². The molecule has 0 amide bonds. The summed E-state index contributed by atoms with van der Waals surface area (Å²) in [5.41, 5.74) is 7.56. The van der Waals surface area contributed by atoms with Crippen LogP contribution in [0.4, 0.5) is 10.4 Å². The smallest absolute Gasteiger partial charge is 0.510 e. The monoisotopic (exact) mass is 822 g/mol. The molecule has 47 heavy (non-hydrogen) atoms. The normalized spacial score (nSPS) is 12.6. The second-order valence-electron chi connectivity index (χ2n) is 12.6. The number of hydrogen-bond acceptors (Lipinski definition) is 4. The summed E-state index contributed by atoms with van der Waals surface area (Å²) in [6.45, 7) is 15.7. The number of thiophene rings is 1. The number of rotatable bonds is 6. The first-order valence-corrected chi connectivity index (χ1v) is 16.6. The van der Waals surface area contributed by atoms with Gasteiger partial charge >= 0.3 is 20.1 Å². The summed E-state index contributed by atoms with van der Waals surface area (Å²) in [6, 6.07) is 32.4. The maximum absolute atomic E-state index is 4.65. The van der Waals surface area contributed by atoms with E-state index in [1.165, 1.54) is 42.6 Å². The maximum atomic E-state index is 4.65. The Bertz CT molecular complexity index is 1930. The zero-order valence-corrected chi connectivity index (χ0v) is 31.2. The Morgan fingerprint density at radius 1 is 0.787 bits per heavy atom. The van der Waals surface area contributed by atoms with Gasteiger partial charge in [0.1, 0.15) is 0 Å². The summed E-state index contributed by atoms with van der Waals surface area (Å²) < 4.78 is 4.88. The van der Waals surface area contributed by atoms with Gasteiger partial charge in [-0.05, 0) is 65.3 Å². The van der Waals surface area contributed by atoms with E-state index in [0.29, 0.717) is 17.8 Å². The van der Waals surface area contributed by atoms with Gasteiger partial charge in [-0.25, -0.2) is 11.3 Å². The molecule has 4 aromatic carbocycles. The zero-order valence-electron chi connectivity index (χ0n) is 28.0. The minimum absolute atomic E-state index is 0. The molecule has 3 heterocycles. The van der Waals surface area contributed by atoms with E-state index in [1.807, 2.05) is 66.7 Å². The fourth-order valence-electron chi connectivity index (χ4n) is 5.81. The van der Waals surface area contributed by atoms with Crippen LogP contribution in [0.1, 0.15) is 76.0 Å². The first-order valence-electron chi connectivity index (χ1n) is 15.8. The molecule has 0 radical (unpaired) electrons. The number of imidazole rings is 1. The third kappa shape index (κ3) is 7.54. The minimum atomic E-state index is 0. The molecule has 1 aliphatic heterocycles. The molecular weight excluding hydrogens is 780 g/mol. The second-order valence-corrected chi connectivity index (χ2v) is 13.7. The van der Waals surface area contributed by atoms with Gasteiger partial charge in [0, 0.05) is 22.8 Å². The van der Waals surface area contributed by atoms with Crippen LogP contribution in [0.25, 0.3) is 37.2 Å². The van der Waals surface area contributed by atoms with Crippen molar-refractivity contribution in [3.8, 4) is 17.1 Å². The number of hydrogen-bond donors (Lipinski definition) is 0. The van der Waals surface area contributed by atoms with E-state index in [0.717, 1.165) is 17.1 Å². The van der Waals surface area contributed by atoms with Gasteiger partial charge in [0.2, 0.25) is 0 Å². The van der Waals surface area contributed by atoms with Crippen molar-refractivity contribution in [3.63, 3.8) is 0 Å². The van der Waals surface area contributed by atoms with Crippen LogP contribution in [-0.2, 0) is 20.1 Å². The van der Waals surface area contributed by atoms with E-state index < -0.39 is 0 Å². The predicted molar refractivity (Wildman–Crippen MR) is 194 cm³/mol. The van der Waals surface area contributed by atoms with Crippen LogP contribution in [0.3, 0.4) is 0 Å². The number of nitrogens with zero attached hydrogens (tertiary/aromatic N) is 4. The predicted octanol–water partition coefficient (Wildman–Crippen LogP) is 11.1. The van der Waals surface area contributed by atoms with Crippen LogP contribution in [0.5, 0.6) is 0 Å².